The number of aryl methyl sites for hydroxylation is 1. The summed E-state index contributed by atoms with van der Waals surface area (Å²) in [6.45, 7) is 7.69. The van der Waals surface area contributed by atoms with Gasteiger partial charge in [0.2, 0.25) is 0 Å². The second kappa shape index (κ2) is 5.60. The molecule has 0 aliphatic rings. The van der Waals surface area contributed by atoms with Crippen molar-refractivity contribution in [3.8, 4) is 0 Å². The van der Waals surface area contributed by atoms with E-state index in [0.29, 0.717) is 6.10 Å². The molecule has 3 nitrogen and oxygen atoms in total. The molecule has 14 heavy (non-hydrogen) atoms. The second-order valence-corrected chi connectivity index (χ2v) is 3.54. The quantitative estimate of drug-likeness (QED) is 0.730. The van der Waals surface area contributed by atoms with Gasteiger partial charge in [0.15, 0.2) is 0 Å². The summed E-state index contributed by atoms with van der Waals surface area (Å²) in [5.41, 5.74) is 2.30. The zero-order valence-electron chi connectivity index (χ0n) is 9.08. The average molecular weight is 194 g/mol. The van der Waals surface area contributed by atoms with Gasteiger partial charge in [0.1, 0.15) is 0 Å². The molecule has 1 aromatic rings. The van der Waals surface area contributed by atoms with Crippen LogP contribution < -0.4 is 5.32 Å². The van der Waals surface area contributed by atoms with Crippen molar-refractivity contribution in [3.05, 3.63) is 24.0 Å². The minimum Gasteiger partial charge on any atom is -0.382 e. The Balaban J connectivity index is 2.28. The number of hydrogen-bond acceptors (Lipinski definition) is 3. The lowest BCUT2D eigenvalue weighted by atomic mass is 10.2. The third-order valence-electron chi connectivity index (χ3n) is 1.89. The highest BCUT2D eigenvalue weighted by molar-refractivity contribution is 5.48. The van der Waals surface area contributed by atoms with Gasteiger partial charge in [0, 0.05) is 24.6 Å². The summed E-state index contributed by atoms with van der Waals surface area (Å²) in [5.74, 6) is 0. The lowest BCUT2D eigenvalue weighted by molar-refractivity contribution is 0.0870. The zero-order valence-corrected chi connectivity index (χ0v) is 9.08. The molecule has 0 aromatic carbocycles. The molecule has 1 heterocycles. The van der Waals surface area contributed by atoms with Crippen molar-refractivity contribution < 1.29 is 4.74 Å². The number of nitrogens with zero attached hydrogens (tertiary/aromatic N) is 1. The monoisotopic (exact) mass is 194 g/mol. The van der Waals surface area contributed by atoms with Gasteiger partial charge in [-0.25, -0.2) is 0 Å². The first-order valence-electron chi connectivity index (χ1n) is 4.96. The Kier molecular flexibility index (Phi) is 4.40. The largest absolute Gasteiger partial charge is 0.382 e. The van der Waals surface area contributed by atoms with E-state index in [1.807, 2.05) is 33.0 Å². The number of aromatic nitrogens is 1. The molecular formula is C11H18N2O. The van der Waals surface area contributed by atoms with E-state index in [2.05, 4.69) is 10.3 Å². The third kappa shape index (κ3) is 3.75. The topological polar surface area (TPSA) is 34.2 Å². The summed E-state index contributed by atoms with van der Waals surface area (Å²) in [6, 6.07) is 1.98. The average Bonchev–Trinajstić information content (AvgIpc) is 2.15. The fourth-order valence-electron chi connectivity index (χ4n) is 1.15. The fourth-order valence-corrected chi connectivity index (χ4v) is 1.15. The van der Waals surface area contributed by atoms with Crippen LogP contribution in [0.25, 0.3) is 0 Å². The molecule has 0 aliphatic heterocycles. The van der Waals surface area contributed by atoms with E-state index in [1.54, 1.807) is 6.20 Å². The van der Waals surface area contributed by atoms with E-state index in [1.165, 1.54) is 0 Å². The predicted molar refractivity (Wildman–Crippen MR) is 58.6 cm³/mol. The van der Waals surface area contributed by atoms with E-state index in [0.717, 1.165) is 24.4 Å². The van der Waals surface area contributed by atoms with Crippen LogP contribution in [0.15, 0.2) is 18.5 Å². The normalized spacial score (nSPS) is 10.6. The standard InChI is InChI=1S/C11H18N2O/c1-9(2)14-7-6-13-11-4-5-12-8-10(11)3/h4-5,8-9H,6-7H2,1-3H3,(H,12,13). The molecule has 1 N–H and O–H groups in total. The minimum atomic E-state index is 0.301. The van der Waals surface area contributed by atoms with E-state index < -0.39 is 0 Å². The lowest BCUT2D eigenvalue weighted by Crippen LogP contribution is -2.13. The first-order chi connectivity index (χ1) is 6.70. The van der Waals surface area contributed by atoms with Gasteiger partial charge in [-0.05, 0) is 32.4 Å². The number of nitrogens with one attached hydrogen (secondary N) is 1. The Hall–Kier alpha value is -1.09. The van der Waals surface area contributed by atoms with Crippen LogP contribution in [0, 0.1) is 6.92 Å². The van der Waals surface area contributed by atoms with Crippen LogP contribution in [0.2, 0.25) is 0 Å². The van der Waals surface area contributed by atoms with Crippen molar-refractivity contribution in [1.29, 1.82) is 0 Å². The van der Waals surface area contributed by atoms with Gasteiger partial charge in [-0.3, -0.25) is 4.98 Å². The molecule has 0 bridgehead atoms. The van der Waals surface area contributed by atoms with Gasteiger partial charge >= 0.3 is 0 Å². The molecule has 0 radical (unpaired) electrons. The molecule has 1 aromatic heterocycles. The molecule has 0 saturated heterocycles. The second-order valence-electron chi connectivity index (χ2n) is 3.54. The maximum Gasteiger partial charge on any atom is 0.0642 e. The molecule has 0 spiro atoms. The number of hydrogen-bond donors (Lipinski definition) is 1. The van der Waals surface area contributed by atoms with Crippen molar-refractivity contribution in [2.75, 3.05) is 18.5 Å². The SMILES string of the molecule is Cc1cnccc1NCCOC(C)C. The van der Waals surface area contributed by atoms with Gasteiger partial charge in [0.05, 0.1) is 12.7 Å². The number of pyridine rings is 1. The molecule has 78 valence electrons. The molecule has 0 amide bonds. The predicted octanol–water partition coefficient (Wildman–Crippen LogP) is 2.23. The van der Waals surface area contributed by atoms with Crippen LogP contribution in [0.1, 0.15) is 19.4 Å². The molecular weight excluding hydrogens is 176 g/mol. The third-order valence-corrected chi connectivity index (χ3v) is 1.89. The highest BCUT2D eigenvalue weighted by Crippen LogP contribution is 2.10. The minimum absolute atomic E-state index is 0.301. The molecule has 0 unspecified atom stereocenters. The van der Waals surface area contributed by atoms with Crippen LogP contribution in [-0.4, -0.2) is 24.2 Å². The molecule has 1 rings (SSSR count). The van der Waals surface area contributed by atoms with Crippen LogP contribution in [0.5, 0.6) is 0 Å². The van der Waals surface area contributed by atoms with Crippen molar-refractivity contribution in [1.82, 2.24) is 4.98 Å². The Morgan fingerprint density at radius 1 is 1.50 bits per heavy atom. The molecule has 3 heteroatoms. The summed E-state index contributed by atoms with van der Waals surface area (Å²) >= 11 is 0. The summed E-state index contributed by atoms with van der Waals surface area (Å²) in [7, 11) is 0. The summed E-state index contributed by atoms with van der Waals surface area (Å²) in [4.78, 5) is 4.03. The van der Waals surface area contributed by atoms with Gasteiger partial charge in [-0.1, -0.05) is 0 Å². The first-order valence-corrected chi connectivity index (χ1v) is 4.96. The van der Waals surface area contributed by atoms with Gasteiger partial charge in [-0.15, -0.1) is 0 Å². The maximum absolute atomic E-state index is 5.43. The molecule has 0 atom stereocenters. The van der Waals surface area contributed by atoms with Gasteiger partial charge in [-0.2, -0.15) is 0 Å². The highest BCUT2D eigenvalue weighted by atomic mass is 16.5. The van der Waals surface area contributed by atoms with Crippen molar-refractivity contribution in [2.24, 2.45) is 0 Å². The van der Waals surface area contributed by atoms with Crippen LogP contribution in [0.4, 0.5) is 5.69 Å². The Morgan fingerprint density at radius 3 is 2.93 bits per heavy atom. The number of anilines is 1. The van der Waals surface area contributed by atoms with Crippen molar-refractivity contribution in [3.63, 3.8) is 0 Å². The Bertz CT molecular complexity index is 274. The van der Waals surface area contributed by atoms with Crippen LogP contribution in [-0.2, 0) is 4.74 Å². The zero-order chi connectivity index (χ0) is 10.4. The highest BCUT2D eigenvalue weighted by Gasteiger charge is 1.96. The summed E-state index contributed by atoms with van der Waals surface area (Å²) in [6.07, 6.45) is 3.94. The van der Waals surface area contributed by atoms with Crippen LogP contribution >= 0.6 is 0 Å². The maximum atomic E-state index is 5.43. The molecule has 0 aliphatic carbocycles. The summed E-state index contributed by atoms with van der Waals surface area (Å²) < 4.78 is 5.43. The lowest BCUT2D eigenvalue weighted by Gasteiger charge is -2.10. The van der Waals surface area contributed by atoms with E-state index in [4.69, 9.17) is 4.74 Å². The van der Waals surface area contributed by atoms with Gasteiger partial charge in [0.25, 0.3) is 0 Å². The molecule has 0 fully saturated rings. The van der Waals surface area contributed by atoms with Crippen LogP contribution in [0.3, 0.4) is 0 Å². The van der Waals surface area contributed by atoms with E-state index >= 15 is 0 Å². The fraction of sp³-hybridized carbons (Fsp3) is 0.545. The number of rotatable bonds is 5. The summed E-state index contributed by atoms with van der Waals surface area (Å²) in [5, 5.41) is 3.30. The van der Waals surface area contributed by atoms with E-state index in [9.17, 15) is 0 Å². The molecule has 0 saturated carbocycles. The first kappa shape index (κ1) is 11.0. The Labute approximate surface area is 85.5 Å². The van der Waals surface area contributed by atoms with Crippen molar-refractivity contribution in [2.45, 2.75) is 26.9 Å². The van der Waals surface area contributed by atoms with E-state index in [-0.39, 0.29) is 0 Å². The number of ether oxygens (including phenoxy) is 1. The van der Waals surface area contributed by atoms with Gasteiger partial charge < -0.3 is 10.1 Å². The smallest absolute Gasteiger partial charge is 0.0642 e. The Morgan fingerprint density at radius 2 is 2.29 bits per heavy atom. The van der Waals surface area contributed by atoms with Crippen molar-refractivity contribution >= 4 is 5.69 Å².